The largest absolute Gasteiger partial charge is 0.488 e. The van der Waals surface area contributed by atoms with E-state index in [0.717, 1.165) is 29.5 Å². The van der Waals surface area contributed by atoms with Crippen molar-refractivity contribution in [3.05, 3.63) is 52.9 Å². The third-order valence-electron chi connectivity index (χ3n) is 3.39. The minimum absolute atomic E-state index is 0.158. The van der Waals surface area contributed by atoms with E-state index in [0.29, 0.717) is 0 Å². The van der Waals surface area contributed by atoms with Gasteiger partial charge in [-0.3, -0.25) is 0 Å². The highest BCUT2D eigenvalue weighted by molar-refractivity contribution is 6.30. The second-order valence-corrected chi connectivity index (χ2v) is 5.28. The topological polar surface area (TPSA) is 34.4 Å². The van der Waals surface area contributed by atoms with Crippen LogP contribution in [0, 0.1) is 0 Å². The van der Waals surface area contributed by atoms with Gasteiger partial charge < -0.3 is 14.5 Å². The summed E-state index contributed by atoms with van der Waals surface area (Å²) in [7, 11) is 0. The van der Waals surface area contributed by atoms with Crippen LogP contribution in [-0.2, 0) is 6.42 Å². The molecule has 0 saturated carbocycles. The number of rotatable bonds is 4. The molecule has 2 aromatic rings. The molecule has 0 saturated heterocycles. The van der Waals surface area contributed by atoms with E-state index in [-0.39, 0.29) is 12.1 Å². The van der Waals surface area contributed by atoms with Crippen molar-refractivity contribution >= 4 is 11.6 Å². The lowest BCUT2D eigenvalue weighted by Gasteiger charge is -2.15. The maximum Gasteiger partial charge on any atom is 0.123 e. The van der Waals surface area contributed by atoms with Crippen molar-refractivity contribution in [1.82, 2.24) is 5.32 Å². The van der Waals surface area contributed by atoms with Crippen molar-refractivity contribution in [3.63, 3.8) is 0 Å². The first-order chi connectivity index (χ1) is 9.22. The van der Waals surface area contributed by atoms with E-state index in [1.54, 1.807) is 6.26 Å². The molecule has 100 valence electrons. The highest BCUT2D eigenvalue weighted by atomic mass is 35.5. The zero-order valence-electron chi connectivity index (χ0n) is 10.7. The van der Waals surface area contributed by atoms with Gasteiger partial charge in [-0.2, -0.15) is 0 Å². The molecular formula is C15H16ClNO2. The molecule has 3 rings (SSSR count). The van der Waals surface area contributed by atoms with Crippen molar-refractivity contribution in [2.45, 2.75) is 25.5 Å². The lowest BCUT2D eigenvalue weighted by molar-refractivity contribution is 0.220. The fourth-order valence-electron chi connectivity index (χ4n) is 2.35. The summed E-state index contributed by atoms with van der Waals surface area (Å²) in [5, 5.41) is 4.19. The summed E-state index contributed by atoms with van der Waals surface area (Å²) in [5.74, 6) is 1.89. The van der Waals surface area contributed by atoms with Crippen molar-refractivity contribution < 1.29 is 9.15 Å². The molecule has 0 bridgehead atoms. The van der Waals surface area contributed by atoms with Crippen molar-refractivity contribution in [1.29, 1.82) is 0 Å². The molecule has 0 radical (unpaired) electrons. The molecule has 2 atom stereocenters. The van der Waals surface area contributed by atoms with Gasteiger partial charge in [-0.05, 0) is 42.8 Å². The van der Waals surface area contributed by atoms with Crippen LogP contribution in [0.15, 0.2) is 41.0 Å². The Kier molecular flexibility index (Phi) is 3.49. The molecule has 1 aliphatic rings. The number of fused-ring (bicyclic) bond motifs is 1. The van der Waals surface area contributed by atoms with E-state index < -0.39 is 0 Å². The van der Waals surface area contributed by atoms with Gasteiger partial charge in [0, 0.05) is 18.0 Å². The predicted octanol–water partition coefficient (Wildman–Crippen LogP) is 3.59. The van der Waals surface area contributed by atoms with Crippen molar-refractivity contribution in [2.75, 3.05) is 6.54 Å². The predicted molar refractivity (Wildman–Crippen MR) is 74.7 cm³/mol. The molecule has 1 N–H and O–H groups in total. The maximum atomic E-state index is 5.98. The normalized spacial score (nSPS) is 18.9. The van der Waals surface area contributed by atoms with Crippen LogP contribution in [0.4, 0.5) is 0 Å². The molecule has 2 unspecified atom stereocenters. The summed E-state index contributed by atoms with van der Waals surface area (Å²) >= 11 is 5.98. The smallest absolute Gasteiger partial charge is 0.123 e. The van der Waals surface area contributed by atoms with Crippen molar-refractivity contribution in [2.24, 2.45) is 0 Å². The Balaban J connectivity index is 1.56. The van der Waals surface area contributed by atoms with Gasteiger partial charge in [0.15, 0.2) is 0 Å². The van der Waals surface area contributed by atoms with Gasteiger partial charge in [0.2, 0.25) is 0 Å². The van der Waals surface area contributed by atoms with Gasteiger partial charge in [0.05, 0.1) is 12.3 Å². The number of nitrogens with one attached hydrogen (secondary N) is 1. The first-order valence-corrected chi connectivity index (χ1v) is 6.82. The number of ether oxygens (including phenoxy) is 1. The third kappa shape index (κ3) is 2.77. The van der Waals surface area contributed by atoms with Crippen LogP contribution in [-0.4, -0.2) is 12.6 Å². The fourth-order valence-corrected chi connectivity index (χ4v) is 2.54. The van der Waals surface area contributed by atoms with Crippen LogP contribution in [0.3, 0.4) is 0 Å². The summed E-state index contributed by atoms with van der Waals surface area (Å²) in [6, 6.07) is 9.84. The van der Waals surface area contributed by atoms with Crippen molar-refractivity contribution in [3.8, 4) is 5.75 Å². The van der Waals surface area contributed by atoms with Gasteiger partial charge in [-0.15, -0.1) is 0 Å². The monoisotopic (exact) mass is 277 g/mol. The molecule has 1 aromatic carbocycles. The number of hydrogen-bond donors (Lipinski definition) is 1. The summed E-state index contributed by atoms with van der Waals surface area (Å²) in [4.78, 5) is 0. The van der Waals surface area contributed by atoms with Crippen LogP contribution >= 0.6 is 11.6 Å². The minimum Gasteiger partial charge on any atom is -0.488 e. The second-order valence-electron chi connectivity index (χ2n) is 4.84. The summed E-state index contributed by atoms with van der Waals surface area (Å²) in [5.41, 5.74) is 1.19. The zero-order valence-corrected chi connectivity index (χ0v) is 11.5. The Bertz CT molecular complexity index is 553. The Morgan fingerprint density at radius 1 is 1.42 bits per heavy atom. The lowest BCUT2D eigenvalue weighted by Crippen LogP contribution is -2.31. The van der Waals surface area contributed by atoms with Crippen LogP contribution in [0.2, 0.25) is 5.02 Å². The van der Waals surface area contributed by atoms with E-state index in [1.165, 1.54) is 5.56 Å². The highest BCUT2D eigenvalue weighted by Crippen LogP contribution is 2.31. The fraction of sp³-hybridized carbons (Fsp3) is 0.333. The summed E-state index contributed by atoms with van der Waals surface area (Å²) < 4.78 is 11.2. The zero-order chi connectivity index (χ0) is 13.2. The third-order valence-corrected chi connectivity index (χ3v) is 3.62. The van der Waals surface area contributed by atoms with Gasteiger partial charge in [0.1, 0.15) is 17.6 Å². The van der Waals surface area contributed by atoms with Crippen LogP contribution < -0.4 is 10.1 Å². The first kappa shape index (κ1) is 12.6. The molecule has 2 heterocycles. The standard InChI is InChI=1S/C15H16ClNO2/c1-10(14-3-2-6-18-14)17-9-13-8-11-7-12(16)4-5-15(11)19-13/h2-7,10,13,17H,8-9H2,1H3. The molecule has 19 heavy (non-hydrogen) atoms. The summed E-state index contributed by atoms with van der Waals surface area (Å²) in [6.07, 6.45) is 2.75. The Morgan fingerprint density at radius 2 is 2.32 bits per heavy atom. The molecule has 1 aliphatic heterocycles. The molecule has 0 amide bonds. The number of hydrogen-bond acceptors (Lipinski definition) is 3. The molecule has 0 aliphatic carbocycles. The molecule has 0 fully saturated rings. The molecule has 3 nitrogen and oxygen atoms in total. The minimum atomic E-state index is 0.158. The highest BCUT2D eigenvalue weighted by Gasteiger charge is 2.23. The lowest BCUT2D eigenvalue weighted by atomic mass is 10.1. The van der Waals surface area contributed by atoms with Gasteiger partial charge in [-0.25, -0.2) is 0 Å². The Morgan fingerprint density at radius 3 is 3.11 bits per heavy atom. The Labute approximate surface area is 117 Å². The Hall–Kier alpha value is -1.45. The average molecular weight is 278 g/mol. The number of furan rings is 1. The molecular weight excluding hydrogens is 262 g/mol. The second kappa shape index (κ2) is 5.27. The number of benzene rings is 1. The first-order valence-electron chi connectivity index (χ1n) is 6.44. The van der Waals surface area contributed by atoms with Crippen LogP contribution in [0.25, 0.3) is 0 Å². The van der Waals surface area contributed by atoms with Crippen LogP contribution in [0.1, 0.15) is 24.3 Å². The SMILES string of the molecule is CC(NCC1Cc2cc(Cl)ccc2O1)c1ccco1. The molecule has 4 heteroatoms. The quantitative estimate of drug-likeness (QED) is 0.927. The van der Waals surface area contributed by atoms with E-state index >= 15 is 0 Å². The summed E-state index contributed by atoms with van der Waals surface area (Å²) in [6.45, 7) is 2.87. The maximum absolute atomic E-state index is 5.98. The van der Waals surface area contributed by atoms with E-state index in [2.05, 4.69) is 12.2 Å². The van der Waals surface area contributed by atoms with Gasteiger partial charge in [0.25, 0.3) is 0 Å². The van der Waals surface area contributed by atoms with Crippen LogP contribution in [0.5, 0.6) is 5.75 Å². The van der Waals surface area contributed by atoms with E-state index in [1.807, 2.05) is 30.3 Å². The van der Waals surface area contributed by atoms with Gasteiger partial charge >= 0.3 is 0 Å². The average Bonchev–Trinajstić information content (AvgIpc) is 3.04. The number of halogens is 1. The molecule has 0 spiro atoms. The van der Waals surface area contributed by atoms with E-state index in [4.69, 9.17) is 20.8 Å². The molecule has 1 aromatic heterocycles. The van der Waals surface area contributed by atoms with E-state index in [9.17, 15) is 0 Å². The van der Waals surface area contributed by atoms with Gasteiger partial charge in [-0.1, -0.05) is 11.6 Å².